The highest BCUT2D eigenvalue weighted by molar-refractivity contribution is 7.09. The molecule has 2 heterocycles. The topological polar surface area (TPSA) is 34.1 Å². The van der Waals surface area contributed by atoms with E-state index in [4.69, 9.17) is 9.72 Å². The third-order valence-electron chi connectivity index (χ3n) is 4.53. The maximum Gasteiger partial charge on any atom is 0.122 e. The summed E-state index contributed by atoms with van der Waals surface area (Å²) >= 11 is 1.79. The Hall–Kier alpha value is -0.450. The molecule has 1 aliphatic heterocycles. The number of hydrogen-bond donors (Lipinski definition) is 1. The molecule has 1 aliphatic carbocycles. The van der Waals surface area contributed by atoms with Crippen LogP contribution in [0.5, 0.6) is 0 Å². The van der Waals surface area contributed by atoms with Gasteiger partial charge in [0.2, 0.25) is 0 Å². The normalized spacial score (nSPS) is 26.7. The van der Waals surface area contributed by atoms with Gasteiger partial charge in [0.15, 0.2) is 0 Å². The molecule has 0 bridgehead atoms. The highest BCUT2D eigenvalue weighted by Crippen LogP contribution is 2.38. The van der Waals surface area contributed by atoms with Gasteiger partial charge in [-0.3, -0.25) is 0 Å². The fourth-order valence-corrected chi connectivity index (χ4v) is 4.50. The molecule has 106 valence electrons. The van der Waals surface area contributed by atoms with E-state index in [0.717, 1.165) is 6.54 Å². The van der Waals surface area contributed by atoms with Crippen molar-refractivity contribution in [1.82, 2.24) is 10.3 Å². The van der Waals surface area contributed by atoms with E-state index in [1.165, 1.54) is 55.6 Å². The average Bonchev–Trinajstić information content (AvgIpc) is 3.11. The van der Waals surface area contributed by atoms with Crippen molar-refractivity contribution in [1.29, 1.82) is 0 Å². The SMILES string of the molecule is COC(c1nc([C@@H]2CCCN2)cs1)C1CCCCC1. The summed E-state index contributed by atoms with van der Waals surface area (Å²) in [4.78, 5) is 4.87. The Bertz CT molecular complexity index is 395. The van der Waals surface area contributed by atoms with Gasteiger partial charge < -0.3 is 10.1 Å². The second-order valence-electron chi connectivity index (χ2n) is 5.81. The van der Waals surface area contributed by atoms with Crippen LogP contribution in [0.15, 0.2) is 5.38 Å². The summed E-state index contributed by atoms with van der Waals surface area (Å²) in [5.41, 5.74) is 1.23. The van der Waals surface area contributed by atoms with Crippen molar-refractivity contribution in [2.75, 3.05) is 13.7 Å². The van der Waals surface area contributed by atoms with Gasteiger partial charge in [0.1, 0.15) is 11.1 Å². The van der Waals surface area contributed by atoms with Crippen molar-refractivity contribution in [3.05, 3.63) is 16.1 Å². The van der Waals surface area contributed by atoms with Crippen LogP contribution in [-0.4, -0.2) is 18.6 Å². The van der Waals surface area contributed by atoms with Crippen molar-refractivity contribution in [3.63, 3.8) is 0 Å². The molecule has 1 saturated carbocycles. The zero-order valence-electron chi connectivity index (χ0n) is 11.7. The first-order valence-electron chi connectivity index (χ1n) is 7.60. The van der Waals surface area contributed by atoms with E-state index in [9.17, 15) is 0 Å². The highest BCUT2D eigenvalue weighted by Gasteiger charge is 2.28. The lowest BCUT2D eigenvalue weighted by Crippen LogP contribution is -2.18. The molecule has 1 aromatic rings. The summed E-state index contributed by atoms with van der Waals surface area (Å²) < 4.78 is 5.78. The van der Waals surface area contributed by atoms with Crippen LogP contribution >= 0.6 is 11.3 Å². The third-order valence-corrected chi connectivity index (χ3v) is 5.46. The Balaban J connectivity index is 1.71. The minimum absolute atomic E-state index is 0.223. The largest absolute Gasteiger partial charge is 0.374 e. The number of nitrogens with one attached hydrogen (secondary N) is 1. The van der Waals surface area contributed by atoms with E-state index in [0.29, 0.717) is 12.0 Å². The Kier molecular flexibility index (Phi) is 4.51. The van der Waals surface area contributed by atoms with Gasteiger partial charge in [0.25, 0.3) is 0 Å². The minimum atomic E-state index is 0.223. The van der Waals surface area contributed by atoms with Crippen molar-refractivity contribution in [2.45, 2.75) is 57.1 Å². The molecular weight excluding hydrogens is 256 g/mol. The Morgan fingerprint density at radius 3 is 2.79 bits per heavy atom. The van der Waals surface area contributed by atoms with E-state index in [1.807, 2.05) is 7.11 Å². The number of rotatable bonds is 4. The van der Waals surface area contributed by atoms with Crippen molar-refractivity contribution in [2.24, 2.45) is 5.92 Å². The summed E-state index contributed by atoms with van der Waals surface area (Å²) in [6.45, 7) is 1.13. The van der Waals surface area contributed by atoms with Crippen molar-refractivity contribution in [3.8, 4) is 0 Å². The van der Waals surface area contributed by atoms with Crippen LogP contribution in [0.25, 0.3) is 0 Å². The minimum Gasteiger partial charge on any atom is -0.374 e. The predicted molar refractivity (Wildman–Crippen MR) is 78.4 cm³/mol. The van der Waals surface area contributed by atoms with Gasteiger partial charge in [-0.2, -0.15) is 0 Å². The zero-order valence-corrected chi connectivity index (χ0v) is 12.5. The number of thiazole rings is 1. The number of hydrogen-bond acceptors (Lipinski definition) is 4. The maximum absolute atomic E-state index is 5.78. The summed E-state index contributed by atoms with van der Waals surface area (Å²) in [6, 6.07) is 0.480. The first-order valence-corrected chi connectivity index (χ1v) is 8.48. The molecule has 3 nitrogen and oxygen atoms in total. The zero-order chi connectivity index (χ0) is 13.1. The second-order valence-corrected chi connectivity index (χ2v) is 6.70. The van der Waals surface area contributed by atoms with Gasteiger partial charge in [-0.25, -0.2) is 4.98 Å². The molecule has 1 N–H and O–H groups in total. The number of ether oxygens (including phenoxy) is 1. The van der Waals surface area contributed by atoms with E-state index >= 15 is 0 Å². The highest BCUT2D eigenvalue weighted by atomic mass is 32.1. The fourth-order valence-electron chi connectivity index (χ4n) is 3.46. The molecule has 0 amide bonds. The number of methoxy groups -OCH3 is 1. The molecule has 0 aromatic carbocycles. The van der Waals surface area contributed by atoms with Crippen LogP contribution in [0.4, 0.5) is 0 Å². The van der Waals surface area contributed by atoms with E-state index in [-0.39, 0.29) is 6.10 Å². The van der Waals surface area contributed by atoms with Gasteiger partial charge in [0, 0.05) is 12.5 Å². The van der Waals surface area contributed by atoms with E-state index in [1.54, 1.807) is 11.3 Å². The first-order chi connectivity index (χ1) is 9.38. The molecule has 3 rings (SSSR count). The third kappa shape index (κ3) is 3.01. The quantitative estimate of drug-likeness (QED) is 0.910. The average molecular weight is 280 g/mol. The summed E-state index contributed by atoms with van der Waals surface area (Å²) in [5, 5.41) is 6.95. The van der Waals surface area contributed by atoms with Crippen LogP contribution in [0.3, 0.4) is 0 Å². The molecule has 0 spiro atoms. The fraction of sp³-hybridized carbons (Fsp3) is 0.800. The number of aromatic nitrogens is 1. The molecule has 4 heteroatoms. The lowest BCUT2D eigenvalue weighted by atomic mass is 9.85. The van der Waals surface area contributed by atoms with Gasteiger partial charge in [0.05, 0.1) is 11.7 Å². The molecule has 0 radical (unpaired) electrons. The van der Waals surface area contributed by atoms with E-state index < -0.39 is 0 Å². The maximum atomic E-state index is 5.78. The van der Waals surface area contributed by atoms with Gasteiger partial charge in [-0.1, -0.05) is 19.3 Å². The predicted octanol–water partition coefficient (Wildman–Crippen LogP) is 3.84. The summed E-state index contributed by atoms with van der Waals surface area (Å²) in [5.74, 6) is 0.675. The van der Waals surface area contributed by atoms with Crippen LogP contribution < -0.4 is 5.32 Å². The first kappa shape index (κ1) is 13.5. The summed E-state index contributed by atoms with van der Waals surface area (Å²) in [6.07, 6.45) is 9.42. The van der Waals surface area contributed by atoms with Crippen LogP contribution in [0.1, 0.15) is 67.8 Å². The molecule has 1 unspecified atom stereocenters. The standard InChI is InChI=1S/C15H24N2OS/c1-18-14(11-6-3-2-4-7-11)15-17-13(10-19-15)12-8-5-9-16-12/h10-12,14,16H,2-9H2,1H3/t12-,14?/m0/s1. The molecule has 1 aromatic heterocycles. The number of nitrogens with zero attached hydrogens (tertiary/aromatic N) is 1. The lowest BCUT2D eigenvalue weighted by molar-refractivity contribution is 0.0351. The second kappa shape index (κ2) is 6.33. The van der Waals surface area contributed by atoms with E-state index in [2.05, 4.69) is 10.7 Å². The summed E-state index contributed by atoms with van der Waals surface area (Å²) in [7, 11) is 1.84. The van der Waals surface area contributed by atoms with Gasteiger partial charge in [-0.15, -0.1) is 11.3 Å². The van der Waals surface area contributed by atoms with Crippen LogP contribution in [0.2, 0.25) is 0 Å². The van der Waals surface area contributed by atoms with Crippen LogP contribution in [-0.2, 0) is 4.74 Å². The van der Waals surface area contributed by atoms with Gasteiger partial charge >= 0.3 is 0 Å². The molecule has 1 saturated heterocycles. The molecule has 2 atom stereocenters. The molecule has 19 heavy (non-hydrogen) atoms. The van der Waals surface area contributed by atoms with Gasteiger partial charge in [-0.05, 0) is 38.1 Å². The molecule has 2 fully saturated rings. The Labute approximate surface area is 119 Å². The Morgan fingerprint density at radius 1 is 1.26 bits per heavy atom. The van der Waals surface area contributed by atoms with Crippen LogP contribution in [0, 0.1) is 5.92 Å². The monoisotopic (exact) mass is 280 g/mol. The molecular formula is C15H24N2OS. The lowest BCUT2D eigenvalue weighted by Gasteiger charge is -2.27. The smallest absolute Gasteiger partial charge is 0.122 e. The van der Waals surface area contributed by atoms with Crippen molar-refractivity contribution >= 4 is 11.3 Å². The van der Waals surface area contributed by atoms with Crippen molar-refractivity contribution < 1.29 is 4.74 Å². The Morgan fingerprint density at radius 2 is 2.11 bits per heavy atom. The molecule has 2 aliphatic rings.